The van der Waals surface area contributed by atoms with E-state index in [0.717, 1.165) is 69.2 Å². The summed E-state index contributed by atoms with van der Waals surface area (Å²) in [6.07, 6.45) is 0.934. The van der Waals surface area contributed by atoms with Crippen LogP contribution in [0.3, 0.4) is 0 Å². The summed E-state index contributed by atoms with van der Waals surface area (Å²) in [6, 6.07) is 24.7. The number of ether oxygens (including phenoxy) is 1. The number of methoxy groups -OCH3 is 1. The van der Waals surface area contributed by atoms with Crippen molar-refractivity contribution in [2.24, 2.45) is 0 Å². The first-order chi connectivity index (χ1) is 16.2. The van der Waals surface area contributed by atoms with Gasteiger partial charge in [0.25, 0.3) is 5.91 Å². The van der Waals surface area contributed by atoms with Gasteiger partial charge in [0, 0.05) is 62.6 Å². The molecule has 5 heteroatoms. The van der Waals surface area contributed by atoms with Crippen LogP contribution >= 0.6 is 0 Å². The van der Waals surface area contributed by atoms with Crippen molar-refractivity contribution in [2.75, 3.05) is 44.7 Å². The molecule has 5 nitrogen and oxygen atoms in total. The minimum atomic E-state index is 0.0939. The molecule has 0 aromatic heterocycles. The Morgan fingerprint density at radius 1 is 0.788 bits per heavy atom. The largest absolute Gasteiger partial charge is 0.496 e. The lowest BCUT2D eigenvalue weighted by Gasteiger charge is -2.35. The number of anilines is 1. The molecule has 3 aromatic carbocycles. The summed E-state index contributed by atoms with van der Waals surface area (Å²) in [7, 11) is 1.74. The van der Waals surface area contributed by atoms with Crippen LogP contribution in [0.2, 0.25) is 0 Å². The van der Waals surface area contributed by atoms with Gasteiger partial charge in [0.15, 0.2) is 0 Å². The molecular formula is C28H31N3O2. The smallest absolute Gasteiger partial charge is 0.258 e. The van der Waals surface area contributed by atoms with Gasteiger partial charge in [-0.25, -0.2) is 0 Å². The number of para-hydroxylation sites is 2. The van der Waals surface area contributed by atoms with Crippen molar-refractivity contribution in [1.29, 1.82) is 0 Å². The molecule has 2 heterocycles. The highest BCUT2D eigenvalue weighted by Crippen LogP contribution is 2.29. The van der Waals surface area contributed by atoms with E-state index in [4.69, 9.17) is 4.74 Å². The molecule has 0 radical (unpaired) electrons. The average Bonchev–Trinajstić information content (AvgIpc) is 3.30. The van der Waals surface area contributed by atoms with Crippen molar-refractivity contribution < 1.29 is 9.53 Å². The molecule has 2 aliphatic heterocycles. The molecule has 1 amide bonds. The van der Waals surface area contributed by atoms with Crippen LogP contribution in [-0.4, -0.2) is 55.5 Å². The Morgan fingerprint density at radius 3 is 2.21 bits per heavy atom. The number of carbonyl (C=O) groups excluding carboxylic acids is 1. The fourth-order valence-corrected chi connectivity index (χ4v) is 4.90. The molecule has 0 atom stereocenters. The Morgan fingerprint density at radius 2 is 1.45 bits per heavy atom. The van der Waals surface area contributed by atoms with Crippen LogP contribution in [0.5, 0.6) is 5.75 Å². The van der Waals surface area contributed by atoms with Gasteiger partial charge in [-0.3, -0.25) is 14.6 Å². The summed E-state index contributed by atoms with van der Waals surface area (Å²) in [6.45, 7) is 6.78. The predicted octanol–water partition coefficient (Wildman–Crippen LogP) is 4.22. The molecule has 2 aliphatic rings. The van der Waals surface area contributed by atoms with Gasteiger partial charge in [-0.2, -0.15) is 0 Å². The second-order valence-corrected chi connectivity index (χ2v) is 8.90. The third-order valence-corrected chi connectivity index (χ3v) is 6.79. The highest BCUT2D eigenvalue weighted by atomic mass is 16.5. The Balaban J connectivity index is 1.14. The van der Waals surface area contributed by atoms with Crippen molar-refractivity contribution in [2.45, 2.75) is 19.5 Å². The van der Waals surface area contributed by atoms with E-state index in [2.05, 4.69) is 40.1 Å². The summed E-state index contributed by atoms with van der Waals surface area (Å²) >= 11 is 0. The van der Waals surface area contributed by atoms with Crippen LogP contribution in [0.4, 0.5) is 5.69 Å². The normalized spacial score (nSPS) is 16.6. The molecular weight excluding hydrogens is 410 g/mol. The molecule has 0 unspecified atom stereocenters. The summed E-state index contributed by atoms with van der Waals surface area (Å²) < 4.78 is 5.50. The molecule has 1 fully saturated rings. The summed E-state index contributed by atoms with van der Waals surface area (Å²) in [5.41, 5.74) is 5.57. The number of carbonyl (C=O) groups is 1. The molecule has 0 N–H and O–H groups in total. The number of nitrogens with zero attached hydrogens (tertiary/aromatic N) is 3. The fourth-order valence-electron chi connectivity index (χ4n) is 4.90. The zero-order valence-corrected chi connectivity index (χ0v) is 19.2. The monoisotopic (exact) mass is 441 g/mol. The second-order valence-electron chi connectivity index (χ2n) is 8.90. The quantitative estimate of drug-likeness (QED) is 0.574. The Hall–Kier alpha value is -3.15. The van der Waals surface area contributed by atoms with Gasteiger partial charge in [-0.15, -0.1) is 0 Å². The van der Waals surface area contributed by atoms with Gasteiger partial charge in [0.2, 0.25) is 0 Å². The summed E-state index contributed by atoms with van der Waals surface area (Å²) in [5, 5.41) is 0. The summed E-state index contributed by atoms with van der Waals surface area (Å²) in [5.74, 6) is 1.06. The van der Waals surface area contributed by atoms with Gasteiger partial charge in [0.05, 0.1) is 7.11 Å². The maximum atomic E-state index is 13.0. The van der Waals surface area contributed by atoms with Gasteiger partial charge < -0.3 is 9.64 Å². The van der Waals surface area contributed by atoms with Crippen LogP contribution in [0.15, 0.2) is 72.8 Å². The average molecular weight is 442 g/mol. The van der Waals surface area contributed by atoms with Crippen LogP contribution in [0, 0.1) is 0 Å². The molecule has 0 saturated carbocycles. The Labute approximate surface area is 196 Å². The third kappa shape index (κ3) is 4.80. The number of rotatable bonds is 6. The molecule has 1 saturated heterocycles. The first kappa shape index (κ1) is 21.7. The predicted molar refractivity (Wildman–Crippen MR) is 132 cm³/mol. The number of piperazine rings is 1. The maximum absolute atomic E-state index is 13.0. The van der Waals surface area contributed by atoms with Crippen LogP contribution in [-0.2, 0) is 19.5 Å². The number of hydrogen-bond donors (Lipinski definition) is 0. The Bertz CT molecular complexity index is 1100. The number of amides is 1. The number of hydrogen-bond acceptors (Lipinski definition) is 4. The van der Waals surface area contributed by atoms with Crippen LogP contribution in [0.25, 0.3) is 0 Å². The van der Waals surface area contributed by atoms with Gasteiger partial charge in [-0.05, 0) is 41.8 Å². The fraction of sp³-hybridized carbons (Fsp3) is 0.321. The van der Waals surface area contributed by atoms with Crippen molar-refractivity contribution in [3.63, 3.8) is 0 Å². The van der Waals surface area contributed by atoms with E-state index in [9.17, 15) is 4.79 Å². The van der Waals surface area contributed by atoms with E-state index < -0.39 is 0 Å². The first-order valence-corrected chi connectivity index (χ1v) is 11.8. The molecule has 3 aromatic rings. The highest BCUT2D eigenvalue weighted by Gasteiger charge is 2.25. The van der Waals surface area contributed by atoms with Gasteiger partial charge in [0.1, 0.15) is 5.75 Å². The van der Waals surface area contributed by atoms with Crippen LogP contribution < -0.4 is 9.64 Å². The van der Waals surface area contributed by atoms with E-state index in [-0.39, 0.29) is 5.91 Å². The lowest BCUT2D eigenvalue weighted by Crippen LogP contribution is -2.45. The van der Waals surface area contributed by atoms with E-state index in [1.54, 1.807) is 7.11 Å². The lowest BCUT2D eigenvalue weighted by molar-refractivity contribution is 0.0989. The molecule has 33 heavy (non-hydrogen) atoms. The zero-order chi connectivity index (χ0) is 22.6. The molecule has 5 rings (SSSR count). The minimum absolute atomic E-state index is 0.0939. The molecule has 170 valence electrons. The third-order valence-electron chi connectivity index (χ3n) is 6.79. The zero-order valence-electron chi connectivity index (χ0n) is 19.2. The van der Waals surface area contributed by atoms with Crippen LogP contribution in [0.1, 0.15) is 27.0 Å². The minimum Gasteiger partial charge on any atom is -0.496 e. The van der Waals surface area contributed by atoms with E-state index in [0.29, 0.717) is 0 Å². The molecule has 0 spiro atoms. The van der Waals surface area contributed by atoms with E-state index in [1.165, 1.54) is 16.7 Å². The van der Waals surface area contributed by atoms with Crippen molar-refractivity contribution in [3.8, 4) is 5.75 Å². The van der Waals surface area contributed by atoms with Gasteiger partial charge >= 0.3 is 0 Å². The molecule has 0 aliphatic carbocycles. The van der Waals surface area contributed by atoms with E-state index in [1.807, 2.05) is 47.4 Å². The maximum Gasteiger partial charge on any atom is 0.258 e. The van der Waals surface area contributed by atoms with Gasteiger partial charge in [-0.1, -0.05) is 48.5 Å². The molecule has 0 bridgehead atoms. The standard InChI is InChI=1S/C28H31N3O2/c1-33-27-9-5-3-7-25(27)21-30-18-16-29(17-19-30)20-22-10-12-24(13-11-22)28(32)31-15-14-23-6-2-4-8-26(23)31/h2-13H,14-21H2,1H3. The van der Waals surface area contributed by atoms with Crippen molar-refractivity contribution >= 4 is 11.6 Å². The van der Waals surface area contributed by atoms with Crippen molar-refractivity contribution in [3.05, 3.63) is 95.1 Å². The topological polar surface area (TPSA) is 36.0 Å². The second kappa shape index (κ2) is 9.77. The lowest BCUT2D eigenvalue weighted by atomic mass is 10.1. The number of fused-ring (bicyclic) bond motifs is 1. The first-order valence-electron chi connectivity index (χ1n) is 11.8. The SMILES string of the molecule is COc1ccccc1CN1CCN(Cc2ccc(C(=O)N3CCc4ccccc43)cc2)CC1. The van der Waals surface area contributed by atoms with Crippen molar-refractivity contribution in [1.82, 2.24) is 9.80 Å². The summed E-state index contributed by atoms with van der Waals surface area (Å²) in [4.78, 5) is 19.9. The Kier molecular flexibility index (Phi) is 6.42. The highest BCUT2D eigenvalue weighted by molar-refractivity contribution is 6.07. The van der Waals surface area contributed by atoms with E-state index >= 15 is 0 Å². The number of benzene rings is 3.